The number of aromatic nitrogens is 2. The number of hydrogen-bond acceptors (Lipinski definition) is 6. The van der Waals surface area contributed by atoms with Gasteiger partial charge in [0.15, 0.2) is 0 Å². The number of rotatable bonds is 5. The number of imidazole rings is 1. The van der Waals surface area contributed by atoms with Crippen LogP contribution in [0.3, 0.4) is 0 Å². The number of aromatic amines is 1. The molecule has 1 aliphatic rings. The van der Waals surface area contributed by atoms with Gasteiger partial charge in [0.25, 0.3) is 5.91 Å². The van der Waals surface area contributed by atoms with Crippen LogP contribution in [0.25, 0.3) is 11.0 Å². The van der Waals surface area contributed by atoms with Crippen molar-refractivity contribution in [1.29, 1.82) is 0 Å². The third kappa shape index (κ3) is 2.85. The predicted molar refractivity (Wildman–Crippen MR) is 91.9 cm³/mol. The number of ether oxygens (including phenoxy) is 1. The molecule has 1 aromatic heterocycles. The number of carbonyl (C=O) groups is 2. The van der Waals surface area contributed by atoms with Gasteiger partial charge in [-0.1, -0.05) is 0 Å². The fraction of sp³-hybridized carbons (Fsp3) is 0.353. The summed E-state index contributed by atoms with van der Waals surface area (Å²) in [5, 5.41) is 12.2. The Morgan fingerprint density at radius 2 is 2.20 bits per heavy atom. The van der Waals surface area contributed by atoms with Crippen LogP contribution in [0.4, 0.5) is 5.69 Å². The zero-order valence-electron chi connectivity index (χ0n) is 14.3. The van der Waals surface area contributed by atoms with Crippen molar-refractivity contribution in [3.8, 4) is 0 Å². The molecule has 0 radical (unpaired) electrons. The standard InChI is InChI=1S/C17H20N4O4/c1-9-10(2)14-13(18-8-19-14)6-12(9)20-15-11(17(24)25-3)7-21(4-5-22)16(15)23/h6,8,20,22H,4-5,7H2,1-3H3,(H,18,19). The molecule has 0 bridgehead atoms. The van der Waals surface area contributed by atoms with Crippen molar-refractivity contribution in [2.75, 3.05) is 32.1 Å². The van der Waals surface area contributed by atoms with E-state index in [1.54, 1.807) is 6.33 Å². The summed E-state index contributed by atoms with van der Waals surface area (Å²) in [5.41, 5.74) is 4.77. The fourth-order valence-corrected chi connectivity index (χ4v) is 2.96. The third-order valence-corrected chi connectivity index (χ3v) is 4.49. The van der Waals surface area contributed by atoms with Gasteiger partial charge in [-0.3, -0.25) is 4.79 Å². The lowest BCUT2D eigenvalue weighted by Crippen LogP contribution is -2.31. The molecule has 2 heterocycles. The predicted octanol–water partition coefficient (Wildman–Crippen LogP) is 0.853. The summed E-state index contributed by atoms with van der Waals surface area (Å²) in [4.78, 5) is 33.4. The molecule has 0 spiro atoms. The lowest BCUT2D eigenvalue weighted by Gasteiger charge is -2.16. The van der Waals surface area contributed by atoms with Crippen LogP contribution >= 0.6 is 0 Å². The number of fused-ring (bicyclic) bond motifs is 1. The number of nitrogens with zero attached hydrogens (tertiary/aromatic N) is 2. The summed E-state index contributed by atoms with van der Waals surface area (Å²) in [5.74, 6) is -0.899. The molecule has 1 aromatic carbocycles. The summed E-state index contributed by atoms with van der Waals surface area (Å²) >= 11 is 0. The van der Waals surface area contributed by atoms with Crippen molar-refractivity contribution < 1.29 is 19.4 Å². The van der Waals surface area contributed by atoms with E-state index in [0.717, 1.165) is 22.2 Å². The number of aliphatic hydroxyl groups is 1. The summed E-state index contributed by atoms with van der Waals surface area (Å²) in [6, 6.07) is 1.86. The van der Waals surface area contributed by atoms with Crippen molar-refractivity contribution >= 4 is 28.6 Å². The van der Waals surface area contributed by atoms with E-state index in [-0.39, 0.29) is 36.9 Å². The Bertz CT molecular complexity index is 884. The number of aryl methyl sites for hydroxylation is 1. The molecule has 0 saturated carbocycles. The fourth-order valence-electron chi connectivity index (χ4n) is 2.96. The summed E-state index contributed by atoms with van der Waals surface area (Å²) in [6.45, 7) is 3.97. The average molecular weight is 344 g/mol. The lowest BCUT2D eigenvalue weighted by molar-refractivity contribution is -0.136. The van der Waals surface area contributed by atoms with E-state index >= 15 is 0 Å². The van der Waals surface area contributed by atoms with Crippen LogP contribution < -0.4 is 5.32 Å². The van der Waals surface area contributed by atoms with Crippen LogP contribution in [0.15, 0.2) is 23.7 Å². The second kappa shape index (κ2) is 6.56. The van der Waals surface area contributed by atoms with Crippen molar-refractivity contribution in [3.63, 3.8) is 0 Å². The van der Waals surface area contributed by atoms with Crippen molar-refractivity contribution in [2.45, 2.75) is 13.8 Å². The van der Waals surface area contributed by atoms with E-state index in [2.05, 4.69) is 15.3 Å². The highest BCUT2D eigenvalue weighted by Gasteiger charge is 2.34. The number of benzene rings is 1. The number of nitrogens with one attached hydrogen (secondary N) is 2. The Kier molecular flexibility index (Phi) is 4.45. The smallest absolute Gasteiger partial charge is 0.337 e. The molecule has 0 atom stereocenters. The van der Waals surface area contributed by atoms with Gasteiger partial charge in [0.2, 0.25) is 0 Å². The van der Waals surface area contributed by atoms with Gasteiger partial charge < -0.3 is 25.0 Å². The Balaban J connectivity index is 2.03. The zero-order chi connectivity index (χ0) is 18.1. The zero-order valence-corrected chi connectivity index (χ0v) is 14.3. The largest absolute Gasteiger partial charge is 0.466 e. The van der Waals surface area contributed by atoms with Gasteiger partial charge in [0.1, 0.15) is 5.70 Å². The number of carbonyl (C=O) groups excluding carboxylic acids is 2. The number of H-pyrrole nitrogens is 1. The second-order valence-corrected chi connectivity index (χ2v) is 5.89. The molecule has 8 heteroatoms. The molecule has 0 aliphatic carbocycles. The highest BCUT2D eigenvalue weighted by atomic mass is 16.5. The first-order valence-electron chi connectivity index (χ1n) is 7.89. The Labute approximate surface area is 144 Å². The van der Waals surface area contributed by atoms with E-state index in [0.29, 0.717) is 5.69 Å². The molecule has 1 amide bonds. The number of β-amino-alcohol motifs (C(OH)–C–C–N with tert-alkyl or cyclic N) is 1. The first-order chi connectivity index (χ1) is 12.0. The first kappa shape index (κ1) is 17.0. The van der Waals surface area contributed by atoms with Crippen LogP contribution in [0, 0.1) is 13.8 Å². The van der Waals surface area contributed by atoms with Gasteiger partial charge in [-0.15, -0.1) is 0 Å². The summed E-state index contributed by atoms with van der Waals surface area (Å²) in [7, 11) is 1.28. The minimum absolute atomic E-state index is 0.110. The van der Waals surface area contributed by atoms with Crippen LogP contribution in [0.2, 0.25) is 0 Å². The van der Waals surface area contributed by atoms with E-state index in [4.69, 9.17) is 9.84 Å². The molecule has 3 N–H and O–H groups in total. The van der Waals surface area contributed by atoms with E-state index in [9.17, 15) is 9.59 Å². The van der Waals surface area contributed by atoms with Gasteiger partial charge in [-0.2, -0.15) is 0 Å². The molecule has 1 aliphatic heterocycles. The number of amides is 1. The molecular weight excluding hydrogens is 324 g/mol. The van der Waals surface area contributed by atoms with Gasteiger partial charge in [-0.05, 0) is 31.0 Å². The number of aliphatic hydroxyl groups excluding tert-OH is 1. The molecule has 0 fully saturated rings. The van der Waals surface area contributed by atoms with Gasteiger partial charge in [-0.25, -0.2) is 9.78 Å². The maximum Gasteiger partial charge on any atom is 0.337 e. The van der Waals surface area contributed by atoms with Gasteiger partial charge in [0.05, 0.1) is 43.2 Å². The topological polar surface area (TPSA) is 108 Å². The highest BCUT2D eigenvalue weighted by Crippen LogP contribution is 2.29. The van der Waals surface area contributed by atoms with Crippen molar-refractivity contribution in [2.24, 2.45) is 0 Å². The normalized spacial score (nSPS) is 14.6. The Hall–Kier alpha value is -2.87. The van der Waals surface area contributed by atoms with Crippen molar-refractivity contribution in [1.82, 2.24) is 14.9 Å². The number of hydrogen-bond donors (Lipinski definition) is 3. The molecule has 132 valence electrons. The van der Waals surface area contributed by atoms with Gasteiger partial charge in [0, 0.05) is 12.2 Å². The van der Waals surface area contributed by atoms with Crippen LogP contribution in [0.5, 0.6) is 0 Å². The molecule has 0 saturated heterocycles. The number of methoxy groups -OCH3 is 1. The molecule has 0 unspecified atom stereocenters. The third-order valence-electron chi connectivity index (χ3n) is 4.49. The van der Waals surface area contributed by atoms with E-state index in [1.165, 1.54) is 12.0 Å². The minimum Gasteiger partial charge on any atom is -0.466 e. The van der Waals surface area contributed by atoms with E-state index in [1.807, 2.05) is 19.9 Å². The second-order valence-electron chi connectivity index (χ2n) is 5.89. The highest BCUT2D eigenvalue weighted by molar-refractivity contribution is 6.09. The molecule has 8 nitrogen and oxygen atoms in total. The van der Waals surface area contributed by atoms with Crippen LogP contribution in [-0.4, -0.2) is 58.7 Å². The van der Waals surface area contributed by atoms with Gasteiger partial charge >= 0.3 is 5.97 Å². The van der Waals surface area contributed by atoms with Crippen LogP contribution in [-0.2, 0) is 14.3 Å². The molecule has 2 aromatic rings. The number of anilines is 1. The quantitative estimate of drug-likeness (QED) is 0.694. The summed E-state index contributed by atoms with van der Waals surface area (Å²) < 4.78 is 4.79. The number of esters is 1. The lowest BCUT2D eigenvalue weighted by atomic mass is 10.1. The van der Waals surface area contributed by atoms with E-state index < -0.39 is 5.97 Å². The average Bonchev–Trinajstić information content (AvgIpc) is 3.19. The van der Waals surface area contributed by atoms with Crippen LogP contribution in [0.1, 0.15) is 11.1 Å². The summed E-state index contributed by atoms with van der Waals surface area (Å²) in [6.07, 6.45) is 1.61. The maximum atomic E-state index is 12.6. The Morgan fingerprint density at radius 1 is 1.44 bits per heavy atom. The Morgan fingerprint density at radius 3 is 2.88 bits per heavy atom. The molecule has 3 rings (SSSR count). The maximum absolute atomic E-state index is 12.6. The first-order valence-corrected chi connectivity index (χ1v) is 7.89. The SMILES string of the molecule is COC(=O)C1=C(Nc2cc3[nH]cnc3c(C)c2C)C(=O)N(CCO)C1. The molecular formula is C17H20N4O4. The minimum atomic E-state index is -0.562. The van der Waals surface area contributed by atoms with Crippen molar-refractivity contribution in [3.05, 3.63) is 34.8 Å². The molecule has 25 heavy (non-hydrogen) atoms. The monoisotopic (exact) mass is 344 g/mol.